The molecular weight excluding hydrogens is 468 g/mol. The highest BCUT2D eigenvalue weighted by molar-refractivity contribution is 9.10. The molecule has 26 heavy (non-hydrogen) atoms. The average Bonchev–Trinajstić information content (AvgIpc) is 2.64. The van der Waals surface area contributed by atoms with Crippen LogP contribution in [-0.4, -0.2) is 36.4 Å². The molecule has 0 radical (unpaired) electrons. The average molecular weight is 486 g/mol. The van der Waals surface area contributed by atoms with Gasteiger partial charge in [-0.05, 0) is 55.5 Å². The molecule has 0 saturated heterocycles. The summed E-state index contributed by atoms with van der Waals surface area (Å²) in [7, 11) is 1.18. The van der Waals surface area contributed by atoms with E-state index in [4.69, 9.17) is 0 Å². The Balaban J connectivity index is 2.32. The molecule has 2 atom stereocenters. The summed E-state index contributed by atoms with van der Waals surface area (Å²) < 4.78 is 6.32. The lowest BCUT2D eigenvalue weighted by Crippen LogP contribution is -2.50. The van der Waals surface area contributed by atoms with Crippen molar-refractivity contribution in [3.63, 3.8) is 0 Å². The normalized spacial score (nSPS) is 12.8. The molecular formula is C18H18Br2N2O4. The van der Waals surface area contributed by atoms with Gasteiger partial charge in [-0.3, -0.25) is 4.90 Å². The van der Waals surface area contributed by atoms with Gasteiger partial charge in [0, 0.05) is 20.3 Å². The number of carbonyl (C=O) groups is 2. The minimum Gasteiger partial charge on any atom is -0.467 e. The van der Waals surface area contributed by atoms with Gasteiger partial charge in [0.1, 0.15) is 0 Å². The number of aliphatic hydroxyl groups is 1. The van der Waals surface area contributed by atoms with Crippen LogP contribution in [0.4, 0.5) is 16.2 Å². The van der Waals surface area contributed by atoms with E-state index in [-0.39, 0.29) is 0 Å². The van der Waals surface area contributed by atoms with E-state index in [9.17, 15) is 14.7 Å². The highest BCUT2D eigenvalue weighted by atomic mass is 79.9. The second-order valence-corrected chi connectivity index (χ2v) is 7.32. The largest absolute Gasteiger partial charge is 0.467 e. The summed E-state index contributed by atoms with van der Waals surface area (Å²) in [6, 6.07) is 12.7. The van der Waals surface area contributed by atoms with E-state index in [1.165, 1.54) is 12.0 Å². The lowest BCUT2D eigenvalue weighted by atomic mass is 10.1. The van der Waals surface area contributed by atoms with Gasteiger partial charge in [-0.1, -0.05) is 31.9 Å². The molecule has 0 aromatic heterocycles. The summed E-state index contributed by atoms with van der Waals surface area (Å²) in [4.78, 5) is 25.9. The molecule has 2 aromatic carbocycles. The highest BCUT2D eigenvalue weighted by Crippen LogP contribution is 2.24. The number of nitrogens with zero attached hydrogens (tertiary/aromatic N) is 1. The van der Waals surface area contributed by atoms with Crippen LogP contribution in [0.3, 0.4) is 0 Å². The van der Waals surface area contributed by atoms with Crippen molar-refractivity contribution in [1.29, 1.82) is 0 Å². The Labute approximate surface area is 168 Å². The number of urea groups is 1. The van der Waals surface area contributed by atoms with Crippen LogP contribution in [0, 0.1) is 0 Å². The minimum absolute atomic E-state index is 0.481. The maximum atomic E-state index is 12.9. The van der Waals surface area contributed by atoms with Crippen molar-refractivity contribution in [3.8, 4) is 0 Å². The second kappa shape index (κ2) is 9.16. The van der Waals surface area contributed by atoms with Crippen LogP contribution in [-0.2, 0) is 9.53 Å². The van der Waals surface area contributed by atoms with Gasteiger partial charge in [0.15, 0.2) is 6.10 Å². The Morgan fingerprint density at radius 1 is 1.04 bits per heavy atom. The zero-order chi connectivity index (χ0) is 19.3. The Morgan fingerprint density at radius 3 is 2.04 bits per heavy atom. The lowest BCUT2D eigenvalue weighted by Gasteiger charge is -2.31. The molecule has 2 N–H and O–H groups in total. The van der Waals surface area contributed by atoms with Gasteiger partial charge < -0.3 is 15.2 Å². The first kappa shape index (κ1) is 20.4. The van der Waals surface area contributed by atoms with Crippen LogP contribution in [0.1, 0.15) is 6.92 Å². The summed E-state index contributed by atoms with van der Waals surface area (Å²) in [5, 5.41) is 13.0. The van der Waals surface area contributed by atoms with Gasteiger partial charge in [0.25, 0.3) is 0 Å². The highest BCUT2D eigenvalue weighted by Gasteiger charge is 2.32. The molecule has 0 heterocycles. The van der Waals surface area contributed by atoms with E-state index >= 15 is 0 Å². The predicted molar refractivity (Wildman–Crippen MR) is 107 cm³/mol. The van der Waals surface area contributed by atoms with Gasteiger partial charge in [-0.15, -0.1) is 0 Å². The third-order valence-corrected chi connectivity index (χ3v) is 4.78. The number of aliphatic hydroxyl groups excluding tert-OH is 1. The second-order valence-electron chi connectivity index (χ2n) is 5.49. The number of anilines is 2. The molecule has 0 bridgehead atoms. The number of amides is 2. The molecule has 2 unspecified atom stereocenters. The van der Waals surface area contributed by atoms with E-state index in [1.54, 1.807) is 55.5 Å². The smallest absolute Gasteiger partial charge is 0.336 e. The number of rotatable bonds is 5. The number of nitrogens with one attached hydrogen (secondary N) is 1. The number of halogens is 2. The van der Waals surface area contributed by atoms with Crippen LogP contribution >= 0.6 is 31.9 Å². The summed E-state index contributed by atoms with van der Waals surface area (Å²) in [5.41, 5.74) is 1.11. The summed E-state index contributed by atoms with van der Waals surface area (Å²) in [5.74, 6) is -0.809. The topological polar surface area (TPSA) is 78.9 Å². The van der Waals surface area contributed by atoms with Crippen molar-refractivity contribution in [1.82, 2.24) is 0 Å². The third kappa shape index (κ3) is 5.06. The number of ether oxygens (including phenoxy) is 1. The summed E-state index contributed by atoms with van der Waals surface area (Å²) in [6.07, 6.45) is -1.49. The fourth-order valence-electron chi connectivity index (χ4n) is 2.31. The maximum absolute atomic E-state index is 12.9. The van der Waals surface area contributed by atoms with Crippen LogP contribution in [0.5, 0.6) is 0 Å². The Hall–Kier alpha value is -1.90. The number of carbonyl (C=O) groups excluding carboxylic acids is 2. The number of esters is 1. The van der Waals surface area contributed by atoms with Crippen molar-refractivity contribution >= 4 is 55.2 Å². The van der Waals surface area contributed by atoms with Crippen LogP contribution in [0.25, 0.3) is 0 Å². The molecule has 0 spiro atoms. The molecule has 138 valence electrons. The lowest BCUT2D eigenvalue weighted by molar-refractivity contribution is -0.151. The molecule has 0 aliphatic carbocycles. The fraction of sp³-hybridized carbons (Fsp3) is 0.222. The number of methoxy groups -OCH3 is 1. The van der Waals surface area contributed by atoms with E-state index in [2.05, 4.69) is 41.9 Å². The van der Waals surface area contributed by atoms with Crippen molar-refractivity contribution in [3.05, 3.63) is 57.5 Å². The summed E-state index contributed by atoms with van der Waals surface area (Å²) in [6.45, 7) is 1.57. The molecule has 0 aliphatic heterocycles. The number of hydrogen-bond donors (Lipinski definition) is 2. The molecule has 0 aliphatic rings. The predicted octanol–water partition coefficient (Wildman–Crippen LogP) is 4.17. The van der Waals surface area contributed by atoms with Gasteiger partial charge in [-0.2, -0.15) is 0 Å². The Morgan fingerprint density at radius 2 is 1.54 bits per heavy atom. The van der Waals surface area contributed by atoms with E-state index in [1.807, 2.05) is 0 Å². The van der Waals surface area contributed by atoms with Crippen molar-refractivity contribution in [2.45, 2.75) is 19.1 Å². The minimum atomic E-state index is -1.49. The van der Waals surface area contributed by atoms with Gasteiger partial charge in [0.05, 0.1) is 13.2 Å². The fourth-order valence-corrected chi connectivity index (χ4v) is 2.84. The molecule has 2 aromatic rings. The van der Waals surface area contributed by atoms with Crippen LogP contribution in [0.15, 0.2) is 57.5 Å². The summed E-state index contributed by atoms with van der Waals surface area (Å²) >= 11 is 6.68. The first-order valence-electron chi connectivity index (χ1n) is 7.70. The maximum Gasteiger partial charge on any atom is 0.336 e. The Kier molecular flexibility index (Phi) is 7.19. The van der Waals surface area contributed by atoms with Crippen LogP contribution in [0.2, 0.25) is 0 Å². The molecule has 2 amide bonds. The third-order valence-electron chi connectivity index (χ3n) is 3.73. The van der Waals surface area contributed by atoms with Crippen molar-refractivity contribution in [2.75, 3.05) is 17.3 Å². The van der Waals surface area contributed by atoms with Crippen molar-refractivity contribution < 1.29 is 19.4 Å². The number of benzene rings is 2. The van der Waals surface area contributed by atoms with Gasteiger partial charge in [0.2, 0.25) is 0 Å². The molecule has 0 saturated carbocycles. The zero-order valence-corrected chi connectivity index (χ0v) is 17.3. The van der Waals surface area contributed by atoms with E-state index < -0.39 is 24.1 Å². The quantitative estimate of drug-likeness (QED) is 0.623. The molecule has 2 rings (SSSR count). The van der Waals surface area contributed by atoms with E-state index in [0.717, 1.165) is 8.95 Å². The van der Waals surface area contributed by atoms with Crippen molar-refractivity contribution in [2.24, 2.45) is 0 Å². The van der Waals surface area contributed by atoms with Gasteiger partial charge >= 0.3 is 12.0 Å². The van der Waals surface area contributed by atoms with Gasteiger partial charge in [-0.25, -0.2) is 9.59 Å². The van der Waals surface area contributed by atoms with E-state index in [0.29, 0.717) is 11.4 Å². The SMILES string of the molecule is COC(=O)C(O)C(C)N(C(=O)Nc1ccc(Br)cc1)c1ccc(Br)cc1. The first-order chi connectivity index (χ1) is 12.3. The molecule has 6 nitrogen and oxygen atoms in total. The monoisotopic (exact) mass is 484 g/mol. The number of hydrogen-bond acceptors (Lipinski definition) is 4. The first-order valence-corrected chi connectivity index (χ1v) is 9.29. The molecule has 8 heteroatoms. The standard InChI is InChI=1S/C18H18Br2N2O4/c1-11(16(23)17(24)26-2)22(15-9-5-13(20)6-10-15)18(25)21-14-7-3-12(19)4-8-14/h3-11,16,23H,1-2H3,(H,21,25). The zero-order valence-electron chi connectivity index (χ0n) is 14.1. The van der Waals surface area contributed by atoms with Crippen LogP contribution < -0.4 is 10.2 Å². The Bertz CT molecular complexity index is 766. The molecule has 0 fully saturated rings.